The monoisotopic (exact) mass is 255 g/mol. The first-order chi connectivity index (χ1) is 8.28. The van der Waals surface area contributed by atoms with Crippen LogP contribution in [0.4, 0.5) is 0 Å². The summed E-state index contributed by atoms with van der Waals surface area (Å²) in [5.41, 5.74) is 0.479. The maximum absolute atomic E-state index is 10.7. The van der Waals surface area contributed by atoms with Crippen molar-refractivity contribution in [3.8, 4) is 5.88 Å². The fourth-order valence-electron chi connectivity index (χ4n) is 1.75. The Labute approximate surface area is 105 Å². The molecule has 1 saturated heterocycles. The molecule has 2 heterocycles. The van der Waals surface area contributed by atoms with Gasteiger partial charge in [-0.25, -0.2) is 4.98 Å². The Morgan fingerprint density at radius 2 is 2.24 bits per heavy atom. The minimum atomic E-state index is 0.275. The topological polar surface area (TPSA) is 48.4 Å². The molecule has 1 aliphatic heterocycles. The summed E-state index contributed by atoms with van der Waals surface area (Å²) in [6.45, 7) is 2.17. The van der Waals surface area contributed by atoms with E-state index in [9.17, 15) is 4.79 Å². The Balaban J connectivity index is 1.93. The van der Waals surface area contributed by atoms with Gasteiger partial charge in [-0.1, -0.05) is 11.6 Å². The molecule has 0 aliphatic carbocycles. The fraction of sp³-hybridized carbons (Fsp3) is 0.500. The van der Waals surface area contributed by atoms with Gasteiger partial charge >= 0.3 is 0 Å². The van der Waals surface area contributed by atoms with Gasteiger partial charge in [-0.15, -0.1) is 0 Å². The van der Waals surface area contributed by atoms with E-state index in [1.54, 1.807) is 6.07 Å². The van der Waals surface area contributed by atoms with Crippen LogP contribution in [0.2, 0.25) is 5.15 Å². The molecule has 1 aliphatic rings. The molecule has 0 unspecified atom stereocenters. The summed E-state index contributed by atoms with van der Waals surface area (Å²) >= 11 is 5.78. The van der Waals surface area contributed by atoms with Crippen molar-refractivity contribution >= 4 is 17.9 Å². The van der Waals surface area contributed by atoms with Gasteiger partial charge in [-0.2, -0.15) is 0 Å². The molecule has 0 bridgehead atoms. The lowest BCUT2D eigenvalue weighted by atomic mass is 10.0. The molecule has 92 valence electrons. The Morgan fingerprint density at radius 1 is 1.47 bits per heavy atom. The van der Waals surface area contributed by atoms with E-state index in [0.29, 0.717) is 24.0 Å². The van der Waals surface area contributed by atoms with Gasteiger partial charge in [0.1, 0.15) is 11.4 Å². The molecule has 0 N–H and O–H groups in total. The zero-order valence-corrected chi connectivity index (χ0v) is 10.2. The predicted octanol–water partition coefficient (Wildman–Crippen LogP) is 2.35. The van der Waals surface area contributed by atoms with Crippen molar-refractivity contribution < 1.29 is 14.3 Å². The van der Waals surface area contributed by atoms with E-state index >= 15 is 0 Å². The number of carbonyl (C=O) groups is 1. The second-order valence-electron chi connectivity index (χ2n) is 4.05. The van der Waals surface area contributed by atoms with Crippen molar-refractivity contribution in [3.05, 3.63) is 22.8 Å². The molecule has 0 aromatic carbocycles. The lowest BCUT2D eigenvalue weighted by molar-refractivity contribution is 0.0490. The summed E-state index contributed by atoms with van der Waals surface area (Å²) < 4.78 is 10.8. The summed E-state index contributed by atoms with van der Waals surface area (Å²) in [4.78, 5) is 14.7. The number of aromatic nitrogens is 1. The van der Waals surface area contributed by atoms with Crippen molar-refractivity contribution in [1.82, 2.24) is 4.98 Å². The first-order valence-corrected chi connectivity index (χ1v) is 5.99. The molecular weight excluding hydrogens is 242 g/mol. The van der Waals surface area contributed by atoms with Crippen LogP contribution >= 0.6 is 11.6 Å². The lowest BCUT2D eigenvalue weighted by Gasteiger charge is -2.21. The molecular formula is C12H14ClNO3. The molecule has 1 fully saturated rings. The van der Waals surface area contributed by atoms with Crippen LogP contribution in [-0.4, -0.2) is 31.1 Å². The minimum Gasteiger partial charge on any atom is -0.477 e. The predicted molar refractivity (Wildman–Crippen MR) is 63.7 cm³/mol. The first-order valence-electron chi connectivity index (χ1n) is 5.61. The van der Waals surface area contributed by atoms with Crippen LogP contribution in [0.15, 0.2) is 12.1 Å². The number of pyridine rings is 1. The highest BCUT2D eigenvalue weighted by atomic mass is 35.5. The van der Waals surface area contributed by atoms with Gasteiger partial charge in [-0.3, -0.25) is 4.79 Å². The molecule has 17 heavy (non-hydrogen) atoms. The van der Waals surface area contributed by atoms with Gasteiger partial charge in [0.25, 0.3) is 0 Å². The highest BCUT2D eigenvalue weighted by molar-refractivity contribution is 6.29. The Kier molecular flexibility index (Phi) is 4.34. The van der Waals surface area contributed by atoms with Crippen molar-refractivity contribution in [1.29, 1.82) is 0 Å². The molecule has 1 aromatic rings. The van der Waals surface area contributed by atoms with Gasteiger partial charge in [0, 0.05) is 24.8 Å². The van der Waals surface area contributed by atoms with E-state index in [1.165, 1.54) is 6.07 Å². The average Bonchev–Trinajstić information content (AvgIpc) is 2.37. The van der Waals surface area contributed by atoms with Crippen LogP contribution in [-0.2, 0) is 4.74 Å². The van der Waals surface area contributed by atoms with Crippen LogP contribution in [0, 0.1) is 5.92 Å². The number of hydrogen-bond donors (Lipinski definition) is 0. The number of hydrogen-bond acceptors (Lipinski definition) is 4. The maximum atomic E-state index is 10.7. The molecule has 0 spiro atoms. The highest BCUT2D eigenvalue weighted by Crippen LogP contribution is 2.19. The van der Waals surface area contributed by atoms with Crippen molar-refractivity contribution in [3.63, 3.8) is 0 Å². The summed E-state index contributed by atoms with van der Waals surface area (Å²) in [5.74, 6) is 0.898. The number of aldehydes is 1. The molecule has 1 aromatic heterocycles. The van der Waals surface area contributed by atoms with E-state index in [1.807, 2.05) is 0 Å². The van der Waals surface area contributed by atoms with Crippen LogP contribution in [0.1, 0.15) is 23.2 Å². The van der Waals surface area contributed by atoms with E-state index in [2.05, 4.69) is 4.98 Å². The van der Waals surface area contributed by atoms with Crippen LogP contribution < -0.4 is 4.74 Å². The van der Waals surface area contributed by atoms with E-state index in [0.717, 1.165) is 32.3 Å². The Morgan fingerprint density at radius 3 is 2.94 bits per heavy atom. The molecule has 5 heteroatoms. The first kappa shape index (κ1) is 12.3. The molecule has 0 atom stereocenters. The molecule has 0 radical (unpaired) electrons. The number of ether oxygens (including phenoxy) is 2. The summed E-state index contributed by atoms with van der Waals surface area (Å²) in [7, 11) is 0. The Bertz CT molecular complexity index is 391. The van der Waals surface area contributed by atoms with Gasteiger partial charge in [-0.05, 0) is 24.8 Å². The van der Waals surface area contributed by atoms with E-state index in [-0.39, 0.29) is 5.15 Å². The third-order valence-electron chi connectivity index (χ3n) is 2.74. The van der Waals surface area contributed by atoms with Crippen LogP contribution in [0.5, 0.6) is 5.88 Å². The molecule has 4 nitrogen and oxygen atoms in total. The van der Waals surface area contributed by atoms with Crippen molar-refractivity contribution in [2.24, 2.45) is 5.92 Å². The zero-order chi connectivity index (χ0) is 12.1. The van der Waals surface area contributed by atoms with Crippen molar-refractivity contribution in [2.75, 3.05) is 19.8 Å². The normalized spacial score (nSPS) is 16.8. The standard InChI is InChI=1S/C12H14ClNO3/c13-11-5-10(7-15)6-12(14-11)17-8-9-1-3-16-4-2-9/h5-7,9H,1-4,8H2. The number of nitrogens with zero attached hydrogens (tertiary/aromatic N) is 1. The lowest BCUT2D eigenvalue weighted by Crippen LogP contribution is -2.21. The largest absolute Gasteiger partial charge is 0.477 e. The fourth-order valence-corrected chi connectivity index (χ4v) is 1.96. The second kappa shape index (κ2) is 5.98. The third-order valence-corrected chi connectivity index (χ3v) is 2.93. The second-order valence-corrected chi connectivity index (χ2v) is 4.43. The zero-order valence-electron chi connectivity index (χ0n) is 9.39. The van der Waals surface area contributed by atoms with Gasteiger partial charge < -0.3 is 9.47 Å². The average molecular weight is 256 g/mol. The number of rotatable bonds is 4. The minimum absolute atomic E-state index is 0.275. The molecule has 0 amide bonds. The number of carbonyl (C=O) groups excluding carboxylic acids is 1. The summed E-state index contributed by atoms with van der Waals surface area (Å²) in [5, 5.41) is 0.275. The number of halogens is 1. The maximum Gasteiger partial charge on any atom is 0.215 e. The summed E-state index contributed by atoms with van der Waals surface area (Å²) in [6.07, 6.45) is 2.73. The molecule has 0 saturated carbocycles. The highest BCUT2D eigenvalue weighted by Gasteiger charge is 2.14. The van der Waals surface area contributed by atoms with Gasteiger partial charge in [0.05, 0.1) is 6.61 Å². The van der Waals surface area contributed by atoms with Gasteiger partial charge in [0.2, 0.25) is 5.88 Å². The third kappa shape index (κ3) is 3.68. The van der Waals surface area contributed by atoms with Crippen LogP contribution in [0.25, 0.3) is 0 Å². The van der Waals surface area contributed by atoms with Crippen molar-refractivity contribution in [2.45, 2.75) is 12.8 Å². The smallest absolute Gasteiger partial charge is 0.215 e. The van der Waals surface area contributed by atoms with Gasteiger partial charge in [0.15, 0.2) is 0 Å². The Hall–Kier alpha value is -1.13. The van der Waals surface area contributed by atoms with Crippen LogP contribution in [0.3, 0.4) is 0 Å². The SMILES string of the molecule is O=Cc1cc(Cl)nc(OCC2CCOCC2)c1. The quantitative estimate of drug-likeness (QED) is 0.612. The van der Waals surface area contributed by atoms with E-state index < -0.39 is 0 Å². The molecule has 2 rings (SSSR count). The summed E-state index contributed by atoms with van der Waals surface area (Å²) in [6, 6.07) is 3.11. The van der Waals surface area contributed by atoms with E-state index in [4.69, 9.17) is 21.1 Å².